The predicted molar refractivity (Wildman–Crippen MR) is 110 cm³/mol. The lowest BCUT2D eigenvalue weighted by Crippen LogP contribution is -2.52. The van der Waals surface area contributed by atoms with Crippen molar-refractivity contribution in [1.29, 1.82) is 0 Å². The SMILES string of the molecule is O=C(NCCCN1C(=O)c2ccccc2C1=O)N1CCN(c2ccc(F)cc2)CC1. The summed E-state index contributed by atoms with van der Waals surface area (Å²) in [5.74, 6) is -0.823. The van der Waals surface area contributed by atoms with E-state index in [1.54, 1.807) is 41.3 Å². The van der Waals surface area contributed by atoms with E-state index < -0.39 is 0 Å². The summed E-state index contributed by atoms with van der Waals surface area (Å²) >= 11 is 0. The van der Waals surface area contributed by atoms with Crippen molar-refractivity contribution in [3.8, 4) is 0 Å². The zero-order valence-corrected chi connectivity index (χ0v) is 16.5. The molecule has 4 amide bonds. The zero-order valence-electron chi connectivity index (χ0n) is 16.5. The maximum Gasteiger partial charge on any atom is 0.317 e. The van der Waals surface area contributed by atoms with Gasteiger partial charge in [-0.05, 0) is 42.8 Å². The van der Waals surface area contributed by atoms with E-state index in [-0.39, 0.29) is 30.2 Å². The van der Waals surface area contributed by atoms with E-state index in [4.69, 9.17) is 0 Å². The van der Waals surface area contributed by atoms with Crippen molar-refractivity contribution in [3.05, 3.63) is 65.5 Å². The van der Waals surface area contributed by atoms with Gasteiger partial charge in [0.05, 0.1) is 11.1 Å². The highest BCUT2D eigenvalue weighted by Gasteiger charge is 2.34. The Hall–Kier alpha value is -3.42. The van der Waals surface area contributed by atoms with Crippen LogP contribution in [0.4, 0.5) is 14.9 Å². The number of anilines is 1. The minimum absolute atomic E-state index is 0.156. The van der Waals surface area contributed by atoms with Crippen LogP contribution >= 0.6 is 0 Å². The van der Waals surface area contributed by atoms with E-state index in [1.165, 1.54) is 17.0 Å². The summed E-state index contributed by atoms with van der Waals surface area (Å²) in [5, 5.41) is 2.86. The van der Waals surface area contributed by atoms with Gasteiger partial charge in [0, 0.05) is 45.0 Å². The molecule has 0 unspecified atom stereocenters. The second kappa shape index (κ2) is 8.52. The lowest BCUT2D eigenvalue weighted by atomic mass is 10.1. The first-order chi connectivity index (χ1) is 14.5. The molecule has 2 aliphatic heterocycles. The number of hydrogen-bond donors (Lipinski definition) is 1. The number of fused-ring (bicyclic) bond motifs is 1. The van der Waals surface area contributed by atoms with Crippen LogP contribution in [0, 0.1) is 5.82 Å². The van der Waals surface area contributed by atoms with Gasteiger partial charge in [0.1, 0.15) is 5.82 Å². The number of urea groups is 1. The van der Waals surface area contributed by atoms with Crippen LogP contribution in [-0.2, 0) is 0 Å². The molecule has 1 saturated heterocycles. The van der Waals surface area contributed by atoms with Gasteiger partial charge in [-0.1, -0.05) is 12.1 Å². The average Bonchev–Trinajstić information content (AvgIpc) is 3.02. The topological polar surface area (TPSA) is 73.0 Å². The number of carbonyl (C=O) groups is 3. The number of piperazine rings is 1. The van der Waals surface area contributed by atoms with Gasteiger partial charge >= 0.3 is 6.03 Å². The molecule has 2 aromatic carbocycles. The number of nitrogens with zero attached hydrogens (tertiary/aromatic N) is 3. The maximum absolute atomic E-state index is 13.1. The van der Waals surface area contributed by atoms with E-state index >= 15 is 0 Å². The van der Waals surface area contributed by atoms with Crippen LogP contribution < -0.4 is 10.2 Å². The van der Waals surface area contributed by atoms with Crippen molar-refractivity contribution in [1.82, 2.24) is 15.1 Å². The van der Waals surface area contributed by atoms with E-state index in [0.29, 0.717) is 50.3 Å². The number of imide groups is 1. The molecule has 2 aromatic rings. The normalized spacial score (nSPS) is 16.1. The fourth-order valence-electron chi connectivity index (χ4n) is 3.81. The van der Waals surface area contributed by atoms with Gasteiger partial charge in [-0.2, -0.15) is 0 Å². The molecule has 30 heavy (non-hydrogen) atoms. The van der Waals surface area contributed by atoms with Gasteiger partial charge in [-0.25, -0.2) is 9.18 Å². The largest absolute Gasteiger partial charge is 0.368 e. The second-order valence-corrected chi connectivity index (χ2v) is 7.34. The number of carbonyl (C=O) groups excluding carboxylic acids is 3. The fourth-order valence-corrected chi connectivity index (χ4v) is 3.81. The Bertz CT molecular complexity index is 920. The molecule has 2 heterocycles. The van der Waals surface area contributed by atoms with Crippen LogP contribution in [0.25, 0.3) is 0 Å². The summed E-state index contributed by atoms with van der Waals surface area (Å²) in [5.41, 5.74) is 1.81. The molecule has 4 rings (SSSR count). The Morgan fingerprint density at radius 2 is 1.50 bits per heavy atom. The lowest BCUT2D eigenvalue weighted by molar-refractivity contribution is 0.0653. The first-order valence-corrected chi connectivity index (χ1v) is 10.0. The average molecular weight is 410 g/mol. The number of halogens is 1. The highest BCUT2D eigenvalue weighted by Crippen LogP contribution is 2.22. The molecule has 0 bridgehead atoms. The van der Waals surface area contributed by atoms with E-state index in [1.807, 2.05) is 0 Å². The first kappa shape index (κ1) is 19.9. The summed E-state index contributed by atoms with van der Waals surface area (Å²) < 4.78 is 13.1. The maximum atomic E-state index is 13.1. The van der Waals surface area contributed by atoms with Crippen molar-refractivity contribution in [2.45, 2.75) is 6.42 Å². The number of hydrogen-bond acceptors (Lipinski definition) is 4. The Morgan fingerprint density at radius 3 is 2.10 bits per heavy atom. The minimum Gasteiger partial charge on any atom is -0.368 e. The molecule has 156 valence electrons. The Morgan fingerprint density at radius 1 is 0.900 bits per heavy atom. The lowest BCUT2D eigenvalue weighted by Gasteiger charge is -2.36. The van der Waals surface area contributed by atoms with Crippen molar-refractivity contribution in [2.24, 2.45) is 0 Å². The molecule has 0 radical (unpaired) electrons. The Labute approximate surface area is 174 Å². The molecule has 1 N–H and O–H groups in total. The molecule has 7 nitrogen and oxygen atoms in total. The molecule has 0 saturated carbocycles. The van der Waals surface area contributed by atoms with Crippen molar-refractivity contribution in [3.63, 3.8) is 0 Å². The van der Waals surface area contributed by atoms with Gasteiger partial charge in [-0.15, -0.1) is 0 Å². The third kappa shape index (κ3) is 3.98. The van der Waals surface area contributed by atoms with E-state index in [2.05, 4.69) is 10.2 Å². The Kier molecular flexibility index (Phi) is 5.65. The van der Waals surface area contributed by atoms with Crippen molar-refractivity contribution < 1.29 is 18.8 Å². The van der Waals surface area contributed by atoms with Crippen LogP contribution in [0.2, 0.25) is 0 Å². The van der Waals surface area contributed by atoms with Crippen LogP contribution in [0.5, 0.6) is 0 Å². The number of benzene rings is 2. The molecule has 8 heteroatoms. The summed E-state index contributed by atoms with van der Waals surface area (Å²) in [6, 6.07) is 13.0. The first-order valence-electron chi connectivity index (χ1n) is 10.0. The van der Waals surface area contributed by atoms with Gasteiger partial charge in [0.2, 0.25) is 0 Å². The van der Waals surface area contributed by atoms with Crippen molar-refractivity contribution >= 4 is 23.5 Å². The second-order valence-electron chi connectivity index (χ2n) is 7.34. The summed E-state index contributed by atoms with van der Waals surface area (Å²) in [6.07, 6.45) is 0.493. The number of rotatable bonds is 5. The fraction of sp³-hybridized carbons (Fsp3) is 0.318. The molecule has 0 atom stereocenters. The predicted octanol–water partition coefficient (Wildman–Crippen LogP) is 2.34. The molecule has 1 fully saturated rings. The molecule has 0 aromatic heterocycles. The highest BCUT2D eigenvalue weighted by atomic mass is 19.1. The van der Waals surface area contributed by atoms with Gasteiger partial charge in [0.15, 0.2) is 0 Å². The molecule has 2 aliphatic rings. The Balaban J connectivity index is 1.19. The number of nitrogens with one attached hydrogen (secondary N) is 1. The third-order valence-electron chi connectivity index (χ3n) is 5.47. The summed E-state index contributed by atoms with van der Waals surface area (Å²) in [4.78, 5) is 42.1. The van der Waals surface area contributed by atoms with Crippen LogP contribution in [0.3, 0.4) is 0 Å². The highest BCUT2D eigenvalue weighted by molar-refractivity contribution is 6.21. The monoisotopic (exact) mass is 410 g/mol. The molecule has 0 aliphatic carbocycles. The van der Waals surface area contributed by atoms with Gasteiger partial charge < -0.3 is 15.1 Å². The summed E-state index contributed by atoms with van der Waals surface area (Å²) in [7, 11) is 0. The summed E-state index contributed by atoms with van der Waals surface area (Å²) in [6.45, 7) is 3.14. The van der Waals surface area contributed by atoms with Crippen LogP contribution in [0.1, 0.15) is 27.1 Å². The van der Waals surface area contributed by atoms with Crippen LogP contribution in [0.15, 0.2) is 48.5 Å². The third-order valence-corrected chi connectivity index (χ3v) is 5.47. The zero-order chi connectivity index (χ0) is 21.1. The van der Waals surface area contributed by atoms with Gasteiger partial charge in [-0.3, -0.25) is 14.5 Å². The van der Waals surface area contributed by atoms with Crippen LogP contribution in [-0.4, -0.2) is 66.9 Å². The quantitative estimate of drug-likeness (QED) is 0.607. The number of amides is 4. The molecular weight excluding hydrogens is 387 g/mol. The molecule has 0 spiro atoms. The molecular formula is C22H23FN4O3. The van der Waals surface area contributed by atoms with Gasteiger partial charge in [0.25, 0.3) is 11.8 Å². The van der Waals surface area contributed by atoms with E-state index in [0.717, 1.165) is 5.69 Å². The van der Waals surface area contributed by atoms with Crippen molar-refractivity contribution in [2.75, 3.05) is 44.2 Å². The minimum atomic E-state index is -0.279. The van der Waals surface area contributed by atoms with E-state index in [9.17, 15) is 18.8 Å². The standard InChI is InChI=1S/C22H23FN4O3/c23-16-6-8-17(9-7-16)25-12-14-26(15-13-25)22(30)24-10-3-11-27-20(28)18-4-1-2-5-19(18)21(27)29/h1-2,4-9H,3,10-15H2,(H,24,30). The smallest absolute Gasteiger partial charge is 0.317 e.